The Kier molecular flexibility index (Phi) is 6.30. The van der Waals surface area contributed by atoms with Gasteiger partial charge in [-0.15, -0.1) is 0 Å². The molecule has 0 fully saturated rings. The predicted molar refractivity (Wildman–Crippen MR) is 98.3 cm³/mol. The minimum absolute atomic E-state index is 0.0113. The molecule has 0 unspecified atom stereocenters. The van der Waals surface area contributed by atoms with Crippen molar-refractivity contribution in [3.63, 3.8) is 0 Å². The first-order valence-electron chi connectivity index (χ1n) is 7.77. The van der Waals surface area contributed by atoms with E-state index in [-0.39, 0.29) is 11.4 Å². The fourth-order valence-corrected chi connectivity index (χ4v) is 3.47. The molecule has 0 saturated heterocycles. The molecule has 0 aliphatic carbocycles. The molecular formula is C19H19NO5S. The second-order valence-corrected chi connectivity index (χ2v) is 7.37. The van der Waals surface area contributed by atoms with Crippen LogP contribution in [0.3, 0.4) is 0 Å². The first-order chi connectivity index (χ1) is 12.4. The van der Waals surface area contributed by atoms with Gasteiger partial charge in [-0.25, -0.2) is 13.2 Å². The Bertz CT molecular complexity index is 900. The highest BCUT2D eigenvalue weighted by molar-refractivity contribution is 7.89. The predicted octanol–water partition coefficient (Wildman–Crippen LogP) is 3.28. The van der Waals surface area contributed by atoms with Gasteiger partial charge in [-0.05, 0) is 24.6 Å². The quantitative estimate of drug-likeness (QED) is 0.726. The Morgan fingerprint density at radius 1 is 1.04 bits per heavy atom. The van der Waals surface area contributed by atoms with Crippen LogP contribution in [0.4, 0.5) is 4.79 Å². The summed E-state index contributed by atoms with van der Waals surface area (Å²) in [6, 6.07) is 12.9. The van der Waals surface area contributed by atoms with Gasteiger partial charge >= 0.3 is 6.09 Å². The van der Waals surface area contributed by atoms with Crippen LogP contribution in [0.25, 0.3) is 6.08 Å². The SMILES string of the molecule is COC(=O)N(C/C=C/c1ccc(C=O)cc1)S(=O)(=O)c1ccc(C)cc1. The first kappa shape index (κ1) is 19.4. The molecule has 0 spiro atoms. The molecule has 1 amide bonds. The molecular weight excluding hydrogens is 354 g/mol. The number of ether oxygens (including phenoxy) is 1. The van der Waals surface area contributed by atoms with E-state index < -0.39 is 16.1 Å². The van der Waals surface area contributed by atoms with Crippen LogP contribution < -0.4 is 0 Å². The number of benzene rings is 2. The van der Waals surface area contributed by atoms with Crippen molar-refractivity contribution in [2.24, 2.45) is 0 Å². The van der Waals surface area contributed by atoms with Gasteiger partial charge < -0.3 is 4.74 Å². The fourth-order valence-electron chi connectivity index (χ4n) is 2.18. The maximum atomic E-state index is 12.7. The third kappa shape index (κ3) is 4.58. The molecule has 0 saturated carbocycles. The summed E-state index contributed by atoms with van der Waals surface area (Å²) in [6.07, 6.45) is 2.97. The number of amides is 1. The summed E-state index contributed by atoms with van der Waals surface area (Å²) in [5.74, 6) is 0. The van der Waals surface area contributed by atoms with Crippen molar-refractivity contribution in [3.8, 4) is 0 Å². The van der Waals surface area contributed by atoms with Crippen LogP contribution in [0.15, 0.2) is 59.5 Å². The van der Waals surface area contributed by atoms with Gasteiger partial charge in [-0.1, -0.05) is 54.1 Å². The summed E-state index contributed by atoms with van der Waals surface area (Å²) in [6.45, 7) is 1.66. The van der Waals surface area contributed by atoms with Gasteiger partial charge in [0.15, 0.2) is 0 Å². The lowest BCUT2D eigenvalue weighted by Crippen LogP contribution is -2.37. The lowest BCUT2D eigenvalue weighted by Gasteiger charge is -2.19. The second kappa shape index (κ2) is 8.44. The average molecular weight is 373 g/mol. The van der Waals surface area contributed by atoms with Gasteiger partial charge in [0.2, 0.25) is 0 Å². The van der Waals surface area contributed by atoms with E-state index in [1.807, 2.05) is 6.92 Å². The zero-order valence-electron chi connectivity index (χ0n) is 14.5. The summed E-state index contributed by atoms with van der Waals surface area (Å²) >= 11 is 0. The zero-order valence-corrected chi connectivity index (χ0v) is 15.3. The lowest BCUT2D eigenvalue weighted by atomic mass is 10.1. The van der Waals surface area contributed by atoms with E-state index in [9.17, 15) is 18.0 Å². The van der Waals surface area contributed by atoms with Crippen LogP contribution in [-0.4, -0.2) is 38.8 Å². The number of hydrogen-bond acceptors (Lipinski definition) is 5. The van der Waals surface area contributed by atoms with E-state index in [0.717, 1.165) is 24.5 Å². The van der Waals surface area contributed by atoms with Crippen molar-refractivity contribution in [1.29, 1.82) is 0 Å². The number of carbonyl (C=O) groups excluding carboxylic acids is 2. The Labute approximate surface area is 152 Å². The highest BCUT2D eigenvalue weighted by Gasteiger charge is 2.29. The third-order valence-corrected chi connectivity index (χ3v) is 5.39. The molecule has 0 N–H and O–H groups in total. The van der Waals surface area contributed by atoms with Crippen LogP contribution in [0, 0.1) is 6.92 Å². The van der Waals surface area contributed by atoms with Gasteiger partial charge in [0.05, 0.1) is 18.6 Å². The Balaban J connectivity index is 2.23. The van der Waals surface area contributed by atoms with E-state index in [1.54, 1.807) is 48.6 Å². The molecule has 0 aliphatic rings. The number of aldehydes is 1. The topological polar surface area (TPSA) is 80.8 Å². The molecule has 0 bridgehead atoms. The van der Waals surface area contributed by atoms with E-state index >= 15 is 0 Å². The van der Waals surface area contributed by atoms with Crippen LogP contribution in [0.1, 0.15) is 21.5 Å². The molecule has 0 radical (unpaired) electrons. The summed E-state index contributed by atoms with van der Waals surface area (Å²) in [5.41, 5.74) is 2.22. The molecule has 7 heteroatoms. The molecule has 136 valence electrons. The molecule has 2 aromatic carbocycles. The van der Waals surface area contributed by atoms with E-state index in [2.05, 4.69) is 4.74 Å². The maximum Gasteiger partial charge on any atom is 0.423 e. The minimum atomic E-state index is -4.03. The number of aryl methyl sites for hydroxylation is 1. The Morgan fingerprint density at radius 2 is 1.62 bits per heavy atom. The van der Waals surface area contributed by atoms with Crippen LogP contribution in [0.5, 0.6) is 0 Å². The molecule has 0 aliphatic heterocycles. The maximum absolute atomic E-state index is 12.7. The van der Waals surface area contributed by atoms with Crippen molar-refractivity contribution < 1.29 is 22.7 Å². The van der Waals surface area contributed by atoms with E-state index in [1.165, 1.54) is 12.1 Å². The molecule has 0 aromatic heterocycles. The van der Waals surface area contributed by atoms with Crippen molar-refractivity contribution in [2.45, 2.75) is 11.8 Å². The van der Waals surface area contributed by atoms with Crippen LogP contribution in [-0.2, 0) is 14.8 Å². The number of nitrogens with zero attached hydrogens (tertiary/aromatic N) is 1. The first-order valence-corrected chi connectivity index (χ1v) is 9.21. The third-order valence-electron chi connectivity index (χ3n) is 3.64. The summed E-state index contributed by atoms with van der Waals surface area (Å²) in [7, 11) is -2.91. The van der Waals surface area contributed by atoms with E-state index in [4.69, 9.17) is 0 Å². The largest absolute Gasteiger partial charge is 0.452 e. The molecule has 0 heterocycles. The van der Waals surface area contributed by atoms with E-state index in [0.29, 0.717) is 9.87 Å². The molecule has 0 atom stereocenters. The number of methoxy groups -OCH3 is 1. The normalized spacial score (nSPS) is 11.3. The highest BCUT2D eigenvalue weighted by atomic mass is 32.2. The van der Waals surface area contributed by atoms with Crippen molar-refractivity contribution in [3.05, 3.63) is 71.3 Å². The van der Waals surface area contributed by atoms with Gasteiger partial charge in [0, 0.05) is 5.56 Å². The smallest absolute Gasteiger partial charge is 0.423 e. The zero-order chi connectivity index (χ0) is 19.2. The molecule has 2 rings (SSSR count). The number of sulfonamides is 1. The van der Waals surface area contributed by atoms with Crippen LogP contribution in [0.2, 0.25) is 0 Å². The van der Waals surface area contributed by atoms with Gasteiger partial charge in [-0.2, -0.15) is 4.31 Å². The van der Waals surface area contributed by atoms with Gasteiger partial charge in [-0.3, -0.25) is 4.79 Å². The van der Waals surface area contributed by atoms with Crippen molar-refractivity contribution in [1.82, 2.24) is 4.31 Å². The Morgan fingerprint density at radius 3 is 2.15 bits per heavy atom. The van der Waals surface area contributed by atoms with Gasteiger partial charge in [0.25, 0.3) is 10.0 Å². The number of hydrogen-bond donors (Lipinski definition) is 0. The summed E-state index contributed by atoms with van der Waals surface area (Å²) in [5, 5.41) is 0. The standard InChI is InChI=1S/C19H19NO5S/c1-15-5-11-18(12-6-15)26(23,24)20(19(22)25-2)13-3-4-16-7-9-17(14-21)10-8-16/h3-12,14H,13H2,1-2H3/b4-3+. The number of rotatable bonds is 6. The van der Waals surface area contributed by atoms with Gasteiger partial charge in [0.1, 0.15) is 6.29 Å². The monoisotopic (exact) mass is 373 g/mol. The van der Waals surface area contributed by atoms with Crippen molar-refractivity contribution >= 4 is 28.5 Å². The fraction of sp³-hybridized carbons (Fsp3) is 0.158. The minimum Gasteiger partial charge on any atom is -0.452 e. The number of carbonyl (C=O) groups is 2. The molecule has 2 aromatic rings. The highest BCUT2D eigenvalue weighted by Crippen LogP contribution is 2.17. The van der Waals surface area contributed by atoms with Crippen molar-refractivity contribution in [2.75, 3.05) is 13.7 Å². The lowest BCUT2D eigenvalue weighted by molar-refractivity contribution is 0.112. The van der Waals surface area contributed by atoms with Crippen LogP contribution >= 0.6 is 0 Å². The Hall–Kier alpha value is -2.93. The second-order valence-electron chi connectivity index (χ2n) is 5.51. The average Bonchev–Trinajstić information content (AvgIpc) is 2.65. The summed E-state index contributed by atoms with van der Waals surface area (Å²) < 4.78 is 30.7. The summed E-state index contributed by atoms with van der Waals surface area (Å²) in [4.78, 5) is 22.6. The molecule has 6 nitrogen and oxygen atoms in total. The molecule has 26 heavy (non-hydrogen) atoms.